The highest BCUT2D eigenvalue weighted by atomic mass is 19.4. The number of aliphatic carboxylic acids is 1. The molecule has 27 heavy (non-hydrogen) atoms. The zero-order valence-corrected chi connectivity index (χ0v) is 14.4. The Labute approximate surface area is 153 Å². The van der Waals surface area contributed by atoms with E-state index in [0.29, 0.717) is 13.0 Å². The van der Waals surface area contributed by atoms with Crippen molar-refractivity contribution in [3.63, 3.8) is 0 Å². The topological polar surface area (TPSA) is 107 Å². The Balaban J connectivity index is 1.46. The van der Waals surface area contributed by atoms with Crippen molar-refractivity contribution in [1.29, 1.82) is 0 Å². The molecule has 2 atom stereocenters. The van der Waals surface area contributed by atoms with Crippen LogP contribution in [0.2, 0.25) is 0 Å². The average Bonchev–Trinajstić information content (AvgIpc) is 3.16. The van der Waals surface area contributed by atoms with E-state index in [0.717, 1.165) is 25.1 Å². The first-order chi connectivity index (χ1) is 12.7. The highest BCUT2D eigenvalue weighted by Gasteiger charge is 2.55. The molecule has 0 spiro atoms. The van der Waals surface area contributed by atoms with Gasteiger partial charge in [-0.25, -0.2) is 14.8 Å². The van der Waals surface area contributed by atoms with Crippen LogP contribution in [0.3, 0.4) is 0 Å². The van der Waals surface area contributed by atoms with Gasteiger partial charge in [0.25, 0.3) is 0 Å². The lowest BCUT2D eigenvalue weighted by atomic mass is 9.81. The second kappa shape index (κ2) is 7.20. The van der Waals surface area contributed by atoms with Gasteiger partial charge in [0.1, 0.15) is 5.69 Å². The van der Waals surface area contributed by atoms with E-state index in [4.69, 9.17) is 0 Å². The van der Waals surface area contributed by atoms with E-state index in [-0.39, 0.29) is 37.5 Å². The minimum Gasteiger partial charge on any atom is -0.481 e. The van der Waals surface area contributed by atoms with Gasteiger partial charge in [-0.2, -0.15) is 13.2 Å². The molecule has 2 aliphatic rings. The van der Waals surface area contributed by atoms with E-state index >= 15 is 0 Å². The van der Waals surface area contributed by atoms with Crippen molar-refractivity contribution < 1.29 is 27.9 Å². The summed E-state index contributed by atoms with van der Waals surface area (Å²) in [4.78, 5) is 32.5. The molecule has 3 N–H and O–H groups in total. The summed E-state index contributed by atoms with van der Waals surface area (Å²) in [5.41, 5.74) is -1.90. The summed E-state index contributed by atoms with van der Waals surface area (Å²) < 4.78 is 37.8. The third-order valence-corrected chi connectivity index (χ3v) is 5.21. The van der Waals surface area contributed by atoms with E-state index < -0.39 is 23.3 Å². The maximum Gasteiger partial charge on any atom is 0.433 e. The van der Waals surface area contributed by atoms with Gasteiger partial charge in [0.2, 0.25) is 5.95 Å². The highest BCUT2D eigenvalue weighted by Crippen LogP contribution is 2.48. The van der Waals surface area contributed by atoms with Crippen LogP contribution in [0.4, 0.5) is 23.9 Å². The molecule has 8 nitrogen and oxygen atoms in total. The summed E-state index contributed by atoms with van der Waals surface area (Å²) in [6.07, 6.45) is -1.32. The van der Waals surface area contributed by atoms with E-state index in [1.165, 1.54) is 4.90 Å². The quantitative estimate of drug-likeness (QED) is 0.665. The number of alkyl halides is 3. The first-order valence-electron chi connectivity index (χ1n) is 8.63. The first kappa shape index (κ1) is 19.2. The minimum absolute atomic E-state index is 0.0302. The minimum atomic E-state index is -4.55. The summed E-state index contributed by atoms with van der Waals surface area (Å²) in [5, 5.41) is 14.8. The molecule has 11 heteroatoms. The number of nitrogens with one attached hydrogen (secondary N) is 2. The van der Waals surface area contributed by atoms with Gasteiger partial charge in [0.15, 0.2) is 0 Å². The van der Waals surface area contributed by atoms with Gasteiger partial charge >= 0.3 is 18.2 Å². The molecule has 1 aliphatic heterocycles. The number of carboxylic acid groups (broad SMARTS) is 1. The summed E-state index contributed by atoms with van der Waals surface area (Å²) in [7, 11) is 0. The molecule has 1 aliphatic carbocycles. The normalized spacial score (nSPS) is 24.6. The number of fused-ring (bicyclic) bond motifs is 1. The maximum atomic E-state index is 12.6. The van der Waals surface area contributed by atoms with Gasteiger partial charge in [-0.15, -0.1) is 0 Å². The van der Waals surface area contributed by atoms with Crippen molar-refractivity contribution in [2.45, 2.75) is 25.4 Å². The molecule has 148 valence electrons. The highest BCUT2D eigenvalue weighted by molar-refractivity contribution is 5.80. The molecule has 3 rings (SSSR count). The summed E-state index contributed by atoms with van der Waals surface area (Å²) in [6, 6.07) is 0.395. The van der Waals surface area contributed by atoms with Gasteiger partial charge in [-0.05, 0) is 24.8 Å². The van der Waals surface area contributed by atoms with Gasteiger partial charge in [0.05, 0.1) is 5.41 Å². The van der Waals surface area contributed by atoms with Crippen molar-refractivity contribution in [1.82, 2.24) is 20.2 Å². The lowest BCUT2D eigenvalue weighted by Gasteiger charge is -2.23. The van der Waals surface area contributed by atoms with Crippen LogP contribution in [0.15, 0.2) is 12.3 Å². The third-order valence-electron chi connectivity index (χ3n) is 5.21. The Hall–Kier alpha value is -2.59. The molecule has 1 aromatic rings. The fourth-order valence-corrected chi connectivity index (χ4v) is 3.85. The van der Waals surface area contributed by atoms with Crippen LogP contribution in [0.25, 0.3) is 0 Å². The Kier molecular flexibility index (Phi) is 5.11. The van der Waals surface area contributed by atoms with E-state index in [2.05, 4.69) is 20.6 Å². The zero-order chi connectivity index (χ0) is 19.7. The predicted octanol–water partition coefficient (Wildman–Crippen LogP) is 1.80. The maximum absolute atomic E-state index is 12.6. The standard InChI is InChI=1S/C16H20F3N5O3/c17-16(18,19)11-3-5-20-13(23-11)21-6-7-22-14(27)24-8-10-2-1-4-15(10,9-24)12(25)26/h3,5,10H,1-2,4,6-9H2,(H,22,27)(H,25,26)(H,20,21,23)/t10-,15+/m0/s1. The summed E-state index contributed by atoms with van der Waals surface area (Å²) >= 11 is 0. The number of hydrogen-bond donors (Lipinski definition) is 3. The fourth-order valence-electron chi connectivity index (χ4n) is 3.85. The van der Waals surface area contributed by atoms with Crippen LogP contribution in [0, 0.1) is 11.3 Å². The van der Waals surface area contributed by atoms with Crippen LogP contribution >= 0.6 is 0 Å². The average molecular weight is 387 g/mol. The number of amides is 2. The second-order valence-electron chi connectivity index (χ2n) is 6.85. The molecule has 0 unspecified atom stereocenters. The molecule has 1 aromatic heterocycles. The summed E-state index contributed by atoms with van der Waals surface area (Å²) in [6.45, 7) is 0.860. The first-order valence-corrected chi connectivity index (χ1v) is 8.63. The number of anilines is 1. The molecule has 1 saturated heterocycles. The van der Waals surface area contributed by atoms with Gasteiger partial charge < -0.3 is 20.6 Å². The zero-order valence-electron chi connectivity index (χ0n) is 14.4. The number of rotatable bonds is 5. The molecular weight excluding hydrogens is 367 g/mol. The number of halogens is 3. The second-order valence-corrected chi connectivity index (χ2v) is 6.85. The van der Waals surface area contributed by atoms with E-state index in [1.54, 1.807) is 0 Å². The SMILES string of the molecule is O=C(NCCNc1nccc(C(F)(F)F)n1)N1C[C@@H]2CCC[C@@]2(C(=O)O)C1. The number of hydrogen-bond acceptors (Lipinski definition) is 5. The Bertz CT molecular complexity index is 729. The van der Waals surface area contributed by atoms with Gasteiger partial charge in [-0.3, -0.25) is 4.79 Å². The summed E-state index contributed by atoms with van der Waals surface area (Å²) in [5.74, 6) is -1.07. The number of nitrogens with zero attached hydrogens (tertiary/aromatic N) is 3. The Morgan fingerprint density at radius 2 is 2.15 bits per heavy atom. The molecule has 2 fully saturated rings. The molecular formula is C16H20F3N5O3. The van der Waals surface area contributed by atoms with E-state index in [9.17, 15) is 27.9 Å². The molecule has 0 aromatic carbocycles. The lowest BCUT2D eigenvalue weighted by molar-refractivity contribution is -0.149. The number of urea groups is 1. The smallest absolute Gasteiger partial charge is 0.433 e. The monoisotopic (exact) mass is 387 g/mol. The van der Waals surface area contributed by atoms with Crippen molar-refractivity contribution in [3.8, 4) is 0 Å². The number of aromatic nitrogens is 2. The number of likely N-dealkylation sites (tertiary alicyclic amines) is 1. The number of carboxylic acids is 1. The van der Waals surface area contributed by atoms with Gasteiger partial charge in [-0.1, -0.05) is 6.42 Å². The van der Waals surface area contributed by atoms with Crippen molar-refractivity contribution >= 4 is 17.9 Å². The van der Waals surface area contributed by atoms with E-state index in [1.807, 2.05) is 0 Å². The molecule has 2 amide bonds. The fraction of sp³-hybridized carbons (Fsp3) is 0.625. The molecule has 1 saturated carbocycles. The van der Waals surface area contributed by atoms with Crippen LogP contribution in [-0.2, 0) is 11.0 Å². The largest absolute Gasteiger partial charge is 0.481 e. The van der Waals surface area contributed by atoms with Crippen LogP contribution in [-0.4, -0.2) is 58.2 Å². The molecule has 2 heterocycles. The number of carbonyl (C=O) groups excluding carboxylic acids is 1. The predicted molar refractivity (Wildman–Crippen MR) is 87.9 cm³/mol. The van der Waals surface area contributed by atoms with Crippen LogP contribution < -0.4 is 10.6 Å². The van der Waals surface area contributed by atoms with Crippen molar-refractivity contribution in [2.75, 3.05) is 31.5 Å². The van der Waals surface area contributed by atoms with Crippen molar-refractivity contribution in [2.24, 2.45) is 11.3 Å². The van der Waals surface area contributed by atoms with Crippen LogP contribution in [0.5, 0.6) is 0 Å². The third kappa shape index (κ3) is 3.91. The Morgan fingerprint density at radius 1 is 1.37 bits per heavy atom. The van der Waals surface area contributed by atoms with Gasteiger partial charge in [0, 0.05) is 32.4 Å². The molecule has 0 radical (unpaired) electrons. The van der Waals surface area contributed by atoms with Crippen LogP contribution in [0.1, 0.15) is 25.0 Å². The Morgan fingerprint density at radius 3 is 2.81 bits per heavy atom. The number of carbonyl (C=O) groups is 2. The lowest BCUT2D eigenvalue weighted by Crippen LogP contribution is -2.42. The van der Waals surface area contributed by atoms with Crippen molar-refractivity contribution in [3.05, 3.63) is 18.0 Å². The molecule has 0 bridgehead atoms.